The Labute approximate surface area is 209 Å². The molecule has 11 nitrogen and oxygen atoms in total. The van der Waals surface area contributed by atoms with Crippen molar-refractivity contribution in [2.45, 2.75) is 36.6 Å². The summed E-state index contributed by atoms with van der Waals surface area (Å²) in [5.74, 6) is -2.25. The van der Waals surface area contributed by atoms with Crippen LogP contribution in [0.1, 0.15) is 33.9 Å². The first-order chi connectivity index (χ1) is 17.6. The van der Waals surface area contributed by atoms with E-state index in [4.69, 9.17) is 16.2 Å². The number of aromatic nitrogens is 4. The second kappa shape index (κ2) is 8.69. The van der Waals surface area contributed by atoms with Crippen molar-refractivity contribution in [3.63, 3.8) is 0 Å². The van der Waals surface area contributed by atoms with E-state index in [0.717, 1.165) is 17.8 Å². The Morgan fingerprint density at radius 1 is 1.05 bits per heavy atom. The van der Waals surface area contributed by atoms with E-state index < -0.39 is 41.3 Å². The maximum Gasteiger partial charge on any atom is 0.224 e. The number of fused-ring (bicyclic) bond motifs is 1. The highest BCUT2D eigenvalue weighted by molar-refractivity contribution is 6.06. The van der Waals surface area contributed by atoms with Crippen LogP contribution in [0.2, 0.25) is 0 Å². The monoisotopic (exact) mass is 506 g/mol. The van der Waals surface area contributed by atoms with Gasteiger partial charge in [0, 0.05) is 11.1 Å². The smallest absolute Gasteiger partial charge is 0.224 e. The molecule has 3 heterocycles. The van der Waals surface area contributed by atoms with Gasteiger partial charge in [-0.25, -0.2) is 9.37 Å². The predicted molar refractivity (Wildman–Crippen MR) is 130 cm³/mol. The molecule has 0 amide bonds. The maximum absolute atomic E-state index is 16.4. The van der Waals surface area contributed by atoms with E-state index in [0.29, 0.717) is 0 Å². The van der Waals surface area contributed by atoms with Crippen molar-refractivity contribution in [2.75, 3.05) is 11.5 Å². The van der Waals surface area contributed by atoms with Crippen molar-refractivity contribution in [1.82, 2.24) is 19.5 Å². The molecule has 1 unspecified atom stereocenters. The molecule has 1 fully saturated rings. The van der Waals surface area contributed by atoms with E-state index >= 15 is 4.39 Å². The van der Waals surface area contributed by atoms with E-state index in [2.05, 4.69) is 15.0 Å². The SMILES string of the molecule is C[C@]1(C(O)C(=O)c2ccccc2)O[C@@H](n2cnc3c(N)nc(N)nc32)[C@H](F)[C@@]1(O)C(=O)c1ccccc1. The average molecular weight is 506 g/mol. The van der Waals surface area contributed by atoms with Crippen LogP contribution in [-0.4, -0.2) is 64.8 Å². The summed E-state index contributed by atoms with van der Waals surface area (Å²) in [5, 5.41) is 23.1. The summed E-state index contributed by atoms with van der Waals surface area (Å²) < 4.78 is 23.4. The molecule has 5 atom stereocenters. The van der Waals surface area contributed by atoms with E-state index in [1.54, 1.807) is 24.3 Å². The number of aliphatic hydroxyl groups is 2. The van der Waals surface area contributed by atoms with Gasteiger partial charge in [-0.15, -0.1) is 0 Å². The van der Waals surface area contributed by atoms with Gasteiger partial charge in [-0.2, -0.15) is 9.97 Å². The summed E-state index contributed by atoms with van der Waals surface area (Å²) in [6.07, 6.45) is -5.25. The summed E-state index contributed by atoms with van der Waals surface area (Å²) in [4.78, 5) is 38.8. The minimum absolute atomic E-state index is 0.0275. The molecule has 0 saturated carbocycles. The van der Waals surface area contributed by atoms with Crippen LogP contribution in [0.5, 0.6) is 0 Å². The predicted octanol–water partition coefficient (Wildman–Crippen LogP) is 1.47. The van der Waals surface area contributed by atoms with Crippen molar-refractivity contribution >= 4 is 34.5 Å². The molecule has 12 heteroatoms. The summed E-state index contributed by atoms with van der Waals surface area (Å²) in [5.41, 5.74) is 6.19. The number of nitrogens with zero attached hydrogens (tertiary/aromatic N) is 4. The maximum atomic E-state index is 16.4. The number of aliphatic hydroxyl groups excluding tert-OH is 1. The lowest BCUT2D eigenvalue weighted by Crippen LogP contribution is -2.65. The number of ether oxygens (including phenoxy) is 1. The van der Waals surface area contributed by atoms with E-state index in [9.17, 15) is 19.8 Å². The lowest BCUT2D eigenvalue weighted by Gasteiger charge is -2.39. The summed E-state index contributed by atoms with van der Waals surface area (Å²) in [6, 6.07) is 15.2. The third-order valence-corrected chi connectivity index (χ3v) is 6.72. The number of carbonyl (C=O) groups excluding carboxylic acids is 2. The average Bonchev–Trinajstić information content (AvgIpc) is 3.42. The van der Waals surface area contributed by atoms with Crippen LogP contribution in [0.3, 0.4) is 0 Å². The fourth-order valence-corrected chi connectivity index (χ4v) is 4.66. The quantitative estimate of drug-likeness (QED) is 0.280. The third kappa shape index (κ3) is 3.56. The van der Waals surface area contributed by atoms with Crippen LogP contribution < -0.4 is 11.5 Å². The number of hydrogen-bond donors (Lipinski definition) is 4. The van der Waals surface area contributed by atoms with Crippen molar-refractivity contribution in [1.29, 1.82) is 0 Å². The number of hydrogen-bond acceptors (Lipinski definition) is 10. The zero-order valence-electron chi connectivity index (χ0n) is 19.5. The molecule has 1 aliphatic rings. The van der Waals surface area contributed by atoms with Gasteiger partial charge in [0.15, 0.2) is 35.2 Å². The molecule has 6 N–H and O–H groups in total. The number of ketones is 2. The van der Waals surface area contributed by atoms with Gasteiger partial charge < -0.3 is 26.4 Å². The third-order valence-electron chi connectivity index (χ3n) is 6.72. The Hall–Kier alpha value is -4.26. The van der Waals surface area contributed by atoms with E-state index in [-0.39, 0.29) is 34.1 Å². The molecule has 0 spiro atoms. The number of nitrogen functional groups attached to an aromatic ring is 2. The topological polar surface area (TPSA) is 179 Å². The Morgan fingerprint density at radius 2 is 1.65 bits per heavy atom. The van der Waals surface area contributed by atoms with Crippen molar-refractivity contribution < 1.29 is 28.9 Å². The van der Waals surface area contributed by atoms with Gasteiger partial charge in [0.1, 0.15) is 17.2 Å². The number of anilines is 2. The van der Waals surface area contributed by atoms with Crippen molar-refractivity contribution in [2.24, 2.45) is 0 Å². The minimum Gasteiger partial charge on any atom is -0.382 e. The molecule has 1 saturated heterocycles. The lowest BCUT2D eigenvalue weighted by atomic mass is 9.72. The van der Waals surface area contributed by atoms with Crippen LogP contribution in [-0.2, 0) is 4.74 Å². The van der Waals surface area contributed by atoms with Crippen LogP contribution in [0.15, 0.2) is 67.0 Å². The second-order valence-corrected chi connectivity index (χ2v) is 8.90. The van der Waals surface area contributed by atoms with Crippen LogP contribution in [0, 0.1) is 0 Å². The van der Waals surface area contributed by atoms with Gasteiger partial charge in [-0.3, -0.25) is 14.2 Å². The number of carbonyl (C=O) groups is 2. The second-order valence-electron chi connectivity index (χ2n) is 8.90. The first-order valence-electron chi connectivity index (χ1n) is 11.3. The van der Waals surface area contributed by atoms with Crippen LogP contribution in [0.4, 0.5) is 16.2 Å². The molecule has 0 radical (unpaired) electrons. The highest BCUT2D eigenvalue weighted by Crippen LogP contribution is 2.50. The van der Waals surface area contributed by atoms with Gasteiger partial charge in [-0.1, -0.05) is 60.7 Å². The Bertz CT molecular complexity index is 1500. The molecule has 1 aliphatic heterocycles. The number of halogens is 1. The molecule has 4 aromatic rings. The number of nitrogens with two attached hydrogens (primary N) is 2. The van der Waals surface area contributed by atoms with Gasteiger partial charge in [-0.05, 0) is 6.92 Å². The normalized spacial score (nSPS) is 26.3. The van der Waals surface area contributed by atoms with E-state index in [1.807, 2.05) is 0 Å². The zero-order chi connectivity index (χ0) is 26.5. The first kappa shape index (κ1) is 24.4. The lowest BCUT2D eigenvalue weighted by molar-refractivity contribution is -0.159. The summed E-state index contributed by atoms with van der Waals surface area (Å²) >= 11 is 0. The Morgan fingerprint density at radius 3 is 2.27 bits per heavy atom. The van der Waals surface area contributed by atoms with Crippen LogP contribution >= 0.6 is 0 Å². The number of imidazole rings is 1. The largest absolute Gasteiger partial charge is 0.382 e. The zero-order valence-corrected chi connectivity index (χ0v) is 19.5. The summed E-state index contributed by atoms with van der Waals surface area (Å²) in [6.45, 7) is 1.11. The molecule has 5 rings (SSSR count). The van der Waals surface area contributed by atoms with Crippen molar-refractivity contribution in [3.05, 3.63) is 78.1 Å². The van der Waals surface area contributed by atoms with E-state index in [1.165, 1.54) is 36.4 Å². The number of Topliss-reactive ketones (excluding diaryl/α,β-unsaturated/α-hetero) is 2. The fourth-order valence-electron chi connectivity index (χ4n) is 4.66. The molecular formula is C25H23FN6O5. The van der Waals surface area contributed by atoms with Gasteiger partial charge >= 0.3 is 0 Å². The molecule has 0 aliphatic carbocycles. The molecule has 37 heavy (non-hydrogen) atoms. The standard InChI is InChI=1S/C25H23FN6O5/c1-24(19(35)16(33)13-8-4-2-5-9-13)25(36,18(34)14-10-6-3-7-11-14)17(26)22(37-24)32-12-29-15-20(27)30-23(28)31-21(15)32/h2-12,17,19,22,35-36H,1H3,(H4,27,28,30,31)/t17-,19?,22+,24+,25+/m0/s1. The fraction of sp³-hybridized carbons (Fsp3) is 0.240. The molecule has 2 aromatic carbocycles. The number of rotatable bonds is 6. The minimum atomic E-state index is -3.01. The van der Waals surface area contributed by atoms with Gasteiger partial charge in [0.2, 0.25) is 11.7 Å². The highest BCUT2D eigenvalue weighted by atomic mass is 19.1. The summed E-state index contributed by atoms with van der Waals surface area (Å²) in [7, 11) is 0. The first-order valence-corrected chi connectivity index (χ1v) is 11.3. The molecule has 190 valence electrons. The Balaban J connectivity index is 1.67. The molecule has 2 aromatic heterocycles. The van der Waals surface area contributed by atoms with Gasteiger partial charge in [0.05, 0.1) is 6.33 Å². The number of alkyl halides is 1. The highest BCUT2D eigenvalue weighted by Gasteiger charge is 2.72. The molecule has 0 bridgehead atoms. The van der Waals surface area contributed by atoms with Crippen LogP contribution in [0.25, 0.3) is 11.2 Å². The molecular weight excluding hydrogens is 483 g/mol. The Kier molecular flexibility index (Phi) is 5.74. The number of benzene rings is 2. The van der Waals surface area contributed by atoms with Crippen molar-refractivity contribution in [3.8, 4) is 0 Å². The van der Waals surface area contributed by atoms with Gasteiger partial charge in [0.25, 0.3) is 0 Å².